The molecular formula is C18H17NO2. The maximum absolute atomic E-state index is 11.9. The van der Waals surface area contributed by atoms with E-state index in [4.69, 9.17) is 4.74 Å². The Morgan fingerprint density at radius 1 is 1.10 bits per heavy atom. The zero-order valence-corrected chi connectivity index (χ0v) is 12.0. The quantitative estimate of drug-likeness (QED) is 0.535. The molecule has 1 aromatic heterocycles. The van der Waals surface area contributed by atoms with Crippen LogP contribution in [0.1, 0.15) is 12.0 Å². The number of fused-ring (bicyclic) bond motifs is 1. The first kappa shape index (κ1) is 13.4. The summed E-state index contributed by atoms with van der Waals surface area (Å²) in [4.78, 5) is 11.9. The van der Waals surface area contributed by atoms with E-state index in [9.17, 15) is 4.79 Å². The van der Waals surface area contributed by atoms with Gasteiger partial charge >= 0.3 is 5.97 Å². The fourth-order valence-corrected chi connectivity index (χ4v) is 2.41. The summed E-state index contributed by atoms with van der Waals surface area (Å²) >= 11 is 0. The van der Waals surface area contributed by atoms with Crippen molar-refractivity contribution in [2.24, 2.45) is 0 Å². The van der Waals surface area contributed by atoms with Crippen LogP contribution in [0.4, 0.5) is 0 Å². The molecular weight excluding hydrogens is 262 g/mol. The lowest BCUT2D eigenvalue weighted by molar-refractivity contribution is -0.134. The fraction of sp³-hybridized carbons (Fsp3) is 0.167. The molecule has 0 saturated heterocycles. The molecule has 2 aromatic carbocycles. The number of hydrogen-bond acceptors (Lipinski definition) is 2. The highest BCUT2D eigenvalue weighted by atomic mass is 16.5. The highest BCUT2D eigenvalue weighted by Crippen LogP contribution is 2.16. The van der Waals surface area contributed by atoms with Crippen molar-refractivity contribution in [3.05, 3.63) is 66.4 Å². The molecule has 3 heteroatoms. The predicted molar refractivity (Wildman–Crippen MR) is 83.4 cm³/mol. The molecule has 3 aromatic rings. The topological polar surface area (TPSA) is 31.2 Å². The first-order chi connectivity index (χ1) is 10.2. The lowest BCUT2D eigenvalue weighted by Crippen LogP contribution is -2.11. The van der Waals surface area contributed by atoms with Gasteiger partial charge in [-0.3, -0.25) is 4.79 Å². The Balaban J connectivity index is 1.63. The maximum Gasteiger partial charge on any atom is 0.312 e. The minimum Gasteiger partial charge on any atom is -0.426 e. The van der Waals surface area contributed by atoms with Crippen LogP contribution in [0.25, 0.3) is 10.9 Å². The van der Waals surface area contributed by atoms with E-state index < -0.39 is 0 Å². The zero-order valence-electron chi connectivity index (χ0n) is 12.0. The van der Waals surface area contributed by atoms with Gasteiger partial charge in [-0.05, 0) is 42.1 Å². The van der Waals surface area contributed by atoms with Gasteiger partial charge in [0.25, 0.3) is 0 Å². The van der Waals surface area contributed by atoms with E-state index in [0.717, 1.165) is 11.1 Å². The lowest BCUT2D eigenvalue weighted by atomic mass is 10.2. The van der Waals surface area contributed by atoms with Gasteiger partial charge in [-0.1, -0.05) is 30.3 Å². The van der Waals surface area contributed by atoms with Crippen molar-refractivity contribution in [2.75, 3.05) is 0 Å². The van der Waals surface area contributed by atoms with Gasteiger partial charge in [0.2, 0.25) is 0 Å². The van der Waals surface area contributed by atoms with Crippen LogP contribution in [-0.4, -0.2) is 10.5 Å². The van der Waals surface area contributed by atoms with Gasteiger partial charge in [0.1, 0.15) is 5.75 Å². The third kappa shape index (κ3) is 3.14. The molecule has 0 unspecified atom stereocenters. The van der Waals surface area contributed by atoms with Crippen LogP contribution in [0.5, 0.6) is 5.75 Å². The first-order valence-corrected chi connectivity index (χ1v) is 7.03. The number of carbonyl (C=O) groups excluding carboxylic acids is 1. The summed E-state index contributed by atoms with van der Waals surface area (Å²) in [6.45, 7) is 2.60. The molecule has 0 saturated carbocycles. The second-order valence-electron chi connectivity index (χ2n) is 5.11. The van der Waals surface area contributed by atoms with Crippen molar-refractivity contribution in [2.45, 2.75) is 19.9 Å². The normalized spacial score (nSPS) is 10.7. The van der Waals surface area contributed by atoms with Crippen molar-refractivity contribution in [1.29, 1.82) is 0 Å². The monoisotopic (exact) mass is 279 g/mol. The SMILES string of the molecule is Cc1cccc(OC(=O)CCn2ccc3ccccc32)c1. The third-order valence-corrected chi connectivity index (χ3v) is 3.46. The summed E-state index contributed by atoms with van der Waals surface area (Å²) in [6.07, 6.45) is 2.36. The Labute approximate surface area is 123 Å². The van der Waals surface area contributed by atoms with Gasteiger partial charge in [-0.15, -0.1) is 0 Å². The molecule has 0 atom stereocenters. The molecule has 0 N–H and O–H groups in total. The van der Waals surface area contributed by atoms with Gasteiger partial charge in [0, 0.05) is 18.3 Å². The molecule has 106 valence electrons. The standard InChI is InChI=1S/C18H17NO2/c1-14-5-4-7-16(13-14)21-18(20)10-12-19-11-9-15-6-2-3-8-17(15)19/h2-9,11,13H,10,12H2,1H3. The van der Waals surface area contributed by atoms with Crippen LogP contribution in [0, 0.1) is 6.92 Å². The van der Waals surface area contributed by atoms with Crippen LogP contribution >= 0.6 is 0 Å². The number of rotatable bonds is 4. The van der Waals surface area contributed by atoms with E-state index in [1.54, 1.807) is 6.07 Å². The number of para-hydroxylation sites is 1. The number of nitrogens with zero attached hydrogens (tertiary/aromatic N) is 1. The van der Waals surface area contributed by atoms with E-state index >= 15 is 0 Å². The lowest BCUT2D eigenvalue weighted by Gasteiger charge is -2.07. The average molecular weight is 279 g/mol. The summed E-state index contributed by atoms with van der Waals surface area (Å²) in [5, 5.41) is 1.18. The van der Waals surface area contributed by atoms with E-state index in [1.165, 1.54) is 5.39 Å². The van der Waals surface area contributed by atoms with Crippen LogP contribution in [0.15, 0.2) is 60.8 Å². The van der Waals surface area contributed by atoms with Crippen molar-refractivity contribution in [3.8, 4) is 5.75 Å². The van der Waals surface area contributed by atoms with Crippen molar-refractivity contribution < 1.29 is 9.53 Å². The number of aromatic nitrogens is 1. The second-order valence-corrected chi connectivity index (χ2v) is 5.11. The van der Waals surface area contributed by atoms with Gasteiger partial charge < -0.3 is 9.30 Å². The average Bonchev–Trinajstić information content (AvgIpc) is 2.88. The van der Waals surface area contributed by atoms with Crippen molar-refractivity contribution >= 4 is 16.9 Å². The summed E-state index contributed by atoms with van der Waals surface area (Å²) < 4.78 is 7.43. The van der Waals surface area contributed by atoms with Gasteiger partial charge in [-0.25, -0.2) is 0 Å². The van der Waals surface area contributed by atoms with Crippen molar-refractivity contribution in [1.82, 2.24) is 4.57 Å². The molecule has 3 nitrogen and oxygen atoms in total. The van der Waals surface area contributed by atoms with E-state index in [1.807, 2.05) is 43.5 Å². The molecule has 21 heavy (non-hydrogen) atoms. The van der Waals surface area contributed by atoms with Crippen LogP contribution < -0.4 is 4.74 Å². The first-order valence-electron chi connectivity index (χ1n) is 7.03. The Bertz CT molecular complexity index is 773. The number of ether oxygens (including phenoxy) is 1. The minimum atomic E-state index is -0.210. The van der Waals surface area contributed by atoms with Crippen LogP contribution in [-0.2, 0) is 11.3 Å². The zero-order chi connectivity index (χ0) is 14.7. The Kier molecular flexibility index (Phi) is 3.73. The summed E-state index contributed by atoms with van der Waals surface area (Å²) in [5.41, 5.74) is 2.22. The Morgan fingerprint density at radius 3 is 2.81 bits per heavy atom. The molecule has 0 spiro atoms. The smallest absolute Gasteiger partial charge is 0.312 e. The van der Waals surface area contributed by atoms with E-state index in [0.29, 0.717) is 18.7 Å². The number of carbonyl (C=O) groups is 1. The molecule has 0 aliphatic heterocycles. The molecule has 0 fully saturated rings. The van der Waals surface area contributed by atoms with Crippen LogP contribution in [0.3, 0.4) is 0 Å². The molecule has 0 aliphatic rings. The summed E-state index contributed by atoms with van der Waals surface area (Å²) in [6, 6.07) is 17.7. The number of aryl methyl sites for hydroxylation is 2. The van der Waals surface area contributed by atoms with E-state index in [-0.39, 0.29) is 5.97 Å². The molecule has 0 amide bonds. The Hall–Kier alpha value is -2.55. The molecule has 3 rings (SSSR count). The van der Waals surface area contributed by atoms with E-state index in [2.05, 4.69) is 22.8 Å². The van der Waals surface area contributed by atoms with Crippen molar-refractivity contribution in [3.63, 3.8) is 0 Å². The number of hydrogen-bond donors (Lipinski definition) is 0. The van der Waals surface area contributed by atoms with Gasteiger partial charge in [-0.2, -0.15) is 0 Å². The fourth-order valence-electron chi connectivity index (χ4n) is 2.41. The Morgan fingerprint density at radius 2 is 1.95 bits per heavy atom. The predicted octanol–water partition coefficient (Wildman–Crippen LogP) is 3.95. The molecule has 0 radical (unpaired) electrons. The largest absolute Gasteiger partial charge is 0.426 e. The van der Waals surface area contributed by atoms with Gasteiger partial charge in [0.15, 0.2) is 0 Å². The number of benzene rings is 2. The molecule has 1 heterocycles. The maximum atomic E-state index is 11.9. The third-order valence-electron chi connectivity index (χ3n) is 3.46. The highest BCUT2D eigenvalue weighted by Gasteiger charge is 2.07. The number of esters is 1. The van der Waals surface area contributed by atoms with Gasteiger partial charge in [0.05, 0.1) is 6.42 Å². The molecule has 0 aliphatic carbocycles. The highest BCUT2D eigenvalue weighted by molar-refractivity contribution is 5.80. The van der Waals surface area contributed by atoms with Crippen LogP contribution in [0.2, 0.25) is 0 Å². The minimum absolute atomic E-state index is 0.210. The summed E-state index contributed by atoms with van der Waals surface area (Å²) in [5.74, 6) is 0.399. The second kappa shape index (κ2) is 5.83. The molecule has 0 bridgehead atoms. The summed E-state index contributed by atoms with van der Waals surface area (Å²) in [7, 11) is 0.